The van der Waals surface area contributed by atoms with Crippen molar-refractivity contribution in [3.05, 3.63) is 54.1 Å². The molecule has 2 aliphatic rings. The van der Waals surface area contributed by atoms with Crippen LogP contribution in [0.25, 0.3) is 22.3 Å². The Morgan fingerprint density at radius 2 is 1.92 bits per heavy atom. The third kappa shape index (κ3) is 4.39. The molecule has 6 rings (SSSR count). The molecule has 0 saturated carbocycles. The van der Waals surface area contributed by atoms with Gasteiger partial charge in [0.2, 0.25) is 5.95 Å². The van der Waals surface area contributed by atoms with Gasteiger partial charge in [-0.3, -0.25) is 0 Å². The zero-order chi connectivity index (χ0) is 27.5. The fourth-order valence-electron chi connectivity index (χ4n) is 5.56. The number of anilines is 3. The number of carboxylic acid groups (broad SMARTS) is 1. The number of aryl methyl sites for hydroxylation is 1. The number of fused-ring (bicyclic) bond motifs is 3. The molecule has 39 heavy (non-hydrogen) atoms. The van der Waals surface area contributed by atoms with E-state index in [1.807, 2.05) is 17.6 Å². The second kappa shape index (κ2) is 9.14. The highest BCUT2D eigenvalue weighted by Crippen LogP contribution is 2.38. The molecule has 2 N–H and O–H groups in total. The molecule has 0 spiro atoms. The van der Waals surface area contributed by atoms with Crippen LogP contribution in [0, 0.1) is 11.6 Å². The largest absolute Gasteiger partial charge is 0.465 e. The van der Waals surface area contributed by atoms with Crippen LogP contribution < -0.4 is 10.2 Å². The van der Waals surface area contributed by atoms with Crippen LogP contribution in [-0.2, 0) is 12.0 Å². The summed E-state index contributed by atoms with van der Waals surface area (Å²) in [5.41, 5.74) is 1.81. The van der Waals surface area contributed by atoms with E-state index in [4.69, 9.17) is 0 Å². The summed E-state index contributed by atoms with van der Waals surface area (Å²) < 4.78 is 32.0. The van der Waals surface area contributed by atoms with Gasteiger partial charge in [0.1, 0.15) is 22.9 Å². The fraction of sp³-hybridized carbons (Fsp3) is 0.370. The molecule has 10 nitrogen and oxygen atoms in total. The van der Waals surface area contributed by atoms with Crippen LogP contribution in [0.15, 0.2) is 36.7 Å². The SMILES string of the molecule is C[C@H]1CN(c2ccc(Nc3ncc(F)c(-c4cc(F)c5nc6n(c5c4)C(C)(C)CC6)n3)nc2)CCN1C(=O)O. The number of hydrogen-bond donors (Lipinski definition) is 2. The average Bonchev–Trinajstić information content (AvgIpc) is 3.43. The lowest BCUT2D eigenvalue weighted by Crippen LogP contribution is -2.53. The van der Waals surface area contributed by atoms with Gasteiger partial charge in [0.15, 0.2) is 11.6 Å². The second-order valence-electron chi connectivity index (χ2n) is 10.7. The van der Waals surface area contributed by atoms with Gasteiger partial charge in [-0.25, -0.2) is 33.5 Å². The van der Waals surface area contributed by atoms with Gasteiger partial charge in [-0.05, 0) is 51.5 Å². The fourth-order valence-corrected chi connectivity index (χ4v) is 5.56. The number of hydrogen-bond acceptors (Lipinski definition) is 7. The van der Waals surface area contributed by atoms with Crippen molar-refractivity contribution in [1.29, 1.82) is 0 Å². The highest BCUT2D eigenvalue weighted by molar-refractivity contribution is 5.83. The maximum Gasteiger partial charge on any atom is 0.407 e. The zero-order valence-corrected chi connectivity index (χ0v) is 21.8. The van der Waals surface area contributed by atoms with E-state index in [-0.39, 0.29) is 28.7 Å². The first-order valence-electron chi connectivity index (χ1n) is 12.8. The highest BCUT2D eigenvalue weighted by Gasteiger charge is 2.33. The van der Waals surface area contributed by atoms with Crippen molar-refractivity contribution in [2.45, 2.75) is 45.2 Å². The Morgan fingerprint density at radius 3 is 2.64 bits per heavy atom. The van der Waals surface area contributed by atoms with Crippen LogP contribution in [0.4, 0.5) is 31.0 Å². The lowest BCUT2D eigenvalue weighted by atomic mass is 10.0. The van der Waals surface area contributed by atoms with Crippen molar-refractivity contribution >= 4 is 34.6 Å². The second-order valence-corrected chi connectivity index (χ2v) is 10.7. The molecule has 12 heteroatoms. The Labute approximate surface area is 223 Å². The molecule has 3 aromatic heterocycles. The number of benzene rings is 1. The Kier molecular flexibility index (Phi) is 5.85. The van der Waals surface area contributed by atoms with E-state index < -0.39 is 17.7 Å². The maximum atomic E-state index is 15.1. The number of pyridine rings is 1. The van der Waals surface area contributed by atoms with Gasteiger partial charge in [-0.15, -0.1) is 0 Å². The van der Waals surface area contributed by atoms with Crippen LogP contribution in [0.3, 0.4) is 0 Å². The number of halogens is 2. The summed E-state index contributed by atoms with van der Waals surface area (Å²) in [4.78, 5) is 32.1. The smallest absolute Gasteiger partial charge is 0.407 e. The molecule has 0 aliphatic carbocycles. The number of carbonyl (C=O) groups is 1. The first-order valence-corrected chi connectivity index (χ1v) is 12.8. The number of nitrogens with one attached hydrogen (secondary N) is 1. The predicted molar refractivity (Wildman–Crippen MR) is 142 cm³/mol. The molecule has 0 bridgehead atoms. The van der Waals surface area contributed by atoms with Crippen LogP contribution in [0.5, 0.6) is 0 Å². The monoisotopic (exact) mass is 534 g/mol. The van der Waals surface area contributed by atoms with Crippen molar-refractivity contribution < 1.29 is 18.7 Å². The van der Waals surface area contributed by atoms with Crippen molar-refractivity contribution in [1.82, 2.24) is 29.4 Å². The van der Waals surface area contributed by atoms with Gasteiger partial charge in [-0.1, -0.05) is 0 Å². The highest BCUT2D eigenvalue weighted by atomic mass is 19.1. The third-order valence-corrected chi connectivity index (χ3v) is 7.59. The Hall–Kier alpha value is -4.35. The van der Waals surface area contributed by atoms with Gasteiger partial charge >= 0.3 is 6.09 Å². The molecule has 202 valence electrons. The zero-order valence-electron chi connectivity index (χ0n) is 21.8. The number of aromatic nitrogens is 5. The Morgan fingerprint density at radius 1 is 1.10 bits per heavy atom. The summed E-state index contributed by atoms with van der Waals surface area (Å²) >= 11 is 0. The topological polar surface area (TPSA) is 112 Å². The van der Waals surface area contributed by atoms with Crippen LogP contribution in [0.2, 0.25) is 0 Å². The summed E-state index contributed by atoms with van der Waals surface area (Å²) in [5, 5.41) is 12.3. The minimum atomic E-state index is -0.918. The molecule has 1 aromatic carbocycles. The van der Waals surface area contributed by atoms with Gasteiger partial charge < -0.3 is 24.8 Å². The van der Waals surface area contributed by atoms with E-state index in [9.17, 15) is 14.3 Å². The summed E-state index contributed by atoms with van der Waals surface area (Å²) in [6.07, 6.45) is 3.47. The lowest BCUT2D eigenvalue weighted by Gasteiger charge is -2.39. The van der Waals surface area contributed by atoms with Crippen LogP contribution in [0.1, 0.15) is 33.0 Å². The molecule has 1 atom stereocenters. The molecule has 1 fully saturated rings. The average molecular weight is 535 g/mol. The van der Waals surface area contributed by atoms with Crippen molar-refractivity contribution in [2.75, 3.05) is 29.9 Å². The van der Waals surface area contributed by atoms with Crippen molar-refractivity contribution in [3.63, 3.8) is 0 Å². The Bertz CT molecular complexity index is 1590. The number of amides is 1. The van der Waals surface area contributed by atoms with Crippen LogP contribution in [-0.4, -0.2) is 66.3 Å². The summed E-state index contributed by atoms with van der Waals surface area (Å²) in [7, 11) is 0. The van der Waals surface area contributed by atoms with E-state index >= 15 is 4.39 Å². The maximum absolute atomic E-state index is 15.1. The van der Waals surface area contributed by atoms with Gasteiger partial charge in [0.05, 0.1) is 23.6 Å². The van der Waals surface area contributed by atoms with Crippen molar-refractivity contribution in [2.24, 2.45) is 0 Å². The predicted octanol–water partition coefficient (Wildman–Crippen LogP) is 4.78. The molecular formula is C27H28F2N8O2. The number of imidazole rings is 1. The molecular weight excluding hydrogens is 506 g/mol. The number of rotatable bonds is 4. The van der Waals surface area contributed by atoms with Crippen molar-refractivity contribution in [3.8, 4) is 11.3 Å². The number of nitrogens with zero attached hydrogens (tertiary/aromatic N) is 7. The normalized spacial score (nSPS) is 18.4. The molecule has 2 aliphatic heterocycles. The standard InChI is InChI=1S/C27H28F2N8O2/c1-15-14-35(8-9-36(15)26(38)39)17-4-5-21(30-12-17)32-25-31-13-19(29)23(34-25)16-10-18(28)24-20(11-16)37-22(33-24)6-7-27(37,2)3/h4-5,10-13,15H,6-9,14H2,1-3H3,(H,38,39)(H,30,31,32,34)/t15-/m0/s1. The molecule has 1 amide bonds. The summed E-state index contributed by atoms with van der Waals surface area (Å²) in [5.74, 6) is 0.200. The summed E-state index contributed by atoms with van der Waals surface area (Å²) in [6.45, 7) is 7.57. The van der Waals surface area contributed by atoms with E-state index in [1.165, 1.54) is 11.0 Å². The minimum absolute atomic E-state index is 0.0263. The van der Waals surface area contributed by atoms with Gasteiger partial charge in [0.25, 0.3) is 0 Å². The van der Waals surface area contributed by atoms with Gasteiger partial charge in [-0.2, -0.15) is 0 Å². The van der Waals surface area contributed by atoms with E-state index in [1.54, 1.807) is 18.3 Å². The van der Waals surface area contributed by atoms with E-state index in [2.05, 4.69) is 44.0 Å². The molecule has 0 radical (unpaired) electrons. The molecule has 0 unspecified atom stereocenters. The summed E-state index contributed by atoms with van der Waals surface area (Å²) in [6, 6.07) is 6.47. The molecule has 4 aromatic rings. The van der Waals surface area contributed by atoms with E-state index in [0.717, 1.165) is 30.6 Å². The minimum Gasteiger partial charge on any atom is -0.465 e. The van der Waals surface area contributed by atoms with Gasteiger partial charge in [0, 0.05) is 43.2 Å². The number of piperazine rings is 1. The molecule has 5 heterocycles. The quantitative estimate of drug-likeness (QED) is 0.385. The lowest BCUT2D eigenvalue weighted by molar-refractivity contribution is 0.122. The Balaban J connectivity index is 1.25. The first kappa shape index (κ1) is 25.0. The van der Waals surface area contributed by atoms with Crippen LogP contribution >= 0.6 is 0 Å². The third-order valence-electron chi connectivity index (χ3n) is 7.59. The van der Waals surface area contributed by atoms with E-state index in [0.29, 0.717) is 36.5 Å². The first-order chi connectivity index (χ1) is 18.6. The molecule has 1 saturated heterocycles.